The molecule has 0 atom stereocenters. The molecule has 1 N–H and O–H groups in total. The standard InChI is InChI=1S/C21H15F2N3O3/c1-12-18-16(20(27)28)11-17(13-7-9-15(10-8-13)29-21(22)23)24-19(18)26(25-12)14-5-3-2-4-6-14/h2-11,21H,1H3,(H,27,28). The largest absolute Gasteiger partial charge is 0.478 e. The second kappa shape index (κ2) is 7.31. The van der Waals surface area contributed by atoms with Crippen LogP contribution >= 0.6 is 0 Å². The fourth-order valence-corrected chi connectivity index (χ4v) is 3.16. The number of halogens is 2. The zero-order valence-electron chi connectivity index (χ0n) is 15.2. The maximum atomic E-state index is 12.4. The van der Waals surface area contributed by atoms with Crippen LogP contribution in [0, 0.1) is 6.92 Å². The minimum Gasteiger partial charge on any atom is -0.478 e. The second-order valence-corrected chi connectivity index (χ2v) is 6.29. The van der Waals surface area contributed by atoms with E-state index in [1.165, 1.54) is 18.2 Å². The van der Waals surface area contributed by atoms with E-state index in [0.717, 1.165) is 5.69 Å². The smallest absolute Gasteiger partial charge is 0.387 e. The number of aryl methyl sites for hydroxylation is 1. The van der Waals surface area contributed by atoms with Crippen LogP contribution in [0.15, 0.2) is 60.7 Å². The first-order valence-corrected chi connectivity index (χ1v) is 8.68. The highest BCUT2D eigenvalue weighted by atomic mass is 19.3. The number of nitrogens with zero attached hydrogens (tertiary/aromatic N) is 3. The number of rotatable bonds is 5. The quantitative estimate of drug-likeness (QED) is 0.530. The molecule has 2 heterocycles. The van der Waals surface area contributed by atoms with Gasteiger partial charge in [-0.1, -0.05) is 18.2 Å². The third-order valence-electron chi connectivity index (χ3n) is 4.42. The average molecular weight is 395 g/mol. The van der Waals surface area contributed by atoms with Crippen LogP contribution < -0.4 is 4.74 Å². The van der Waals surface area contributed by atoms with Crippen LogP contribution in [0.25, 0.3) is 28.0 Å². The van der Waals surface area contributed by atoms with Gasteiger partial charge in [0.15, 0.2) is 5.65 Å². The van der Waals surface area contributed by atoms with Crippen molar-refractivity contribution in [1.29, 1.82) is 0 Å². The number of fused-ring (bicyclic) bond motifs is 1. The zero-order valence-corrected chi connectivity index (χ0v) is 15.2. The van der Waals surface area contributed by atoms with Crippen molar-refractivity contribution in [3.63, 3.8) is 0 Å². The van der Waals surface area contributed by atoms with Gasteiger partial charge in [-0.3, -0.25) is 0 Å². The van der Waals surface area contributed by atoms with Crippen molar-refractivity contribution < 1.29 is 23.4 Å². The average Bonchev–Trinajstić information content (AvgIpc) is 3.04. The van der Waals surface area contributed by atoms with E-state index in [2.05, 4.69) is 14.8 Å². The van der Waals surface area contributed by atoms with Crippen molar-refractivity contribution in [2.45, 2.75) is 13.5 Å². The van der Waals surface area contributed by atoms with Gasteiger partial charge < -0.3 is 9.84 Å². The Morgan fingerprint density at radius 3 is 2.41 bits per heavy atom. The first-order chi connectivity index (χ1) is 13.9. The molecule has 0 radical (unpaired) electrons. The molecule has 0 saturated carbocycles. The van der Waals surface area contributed by atoms with Crippen LogP contribution in [-0.2, 0) is 0 Å². The van der Waals surface area contributed by atoms with E-state index >= 15 is 0 Å². The van der Waals surface area contributed by atoms with E-state index < -0.39 is 12.6 Å². The molecule has 0 aliphatic carbocycles. The molecule has 29 heavy (non-hydrogen) atoms. The molecule has 0 spiro atoms. The Labute approximate surface area is 164 Å². The molecule has 6 nitrogen and oxygen atoms in total. The lowest BCUT2D eigenvalue weighted by molar-refractivity contribution is -0.0498. The topological polar surface area (TPSA) is 77.2 Å². The molecule has 8 heteroatoms. The van der Waals surface area contributed by atoms with E-state index in [9.17, 15) is 18.7 Å². The molecule has 2 aromatic carbocycles. The van der Waals surface area contributed by atoms with Gasteiger partial charge in [0.05, 0.1) is 28.0 Å². The third kappa shape index (κ3) is 3.52. The highest BCUT2D eigenvalue weighted by Gasteiger charge is 2.20. The zero-order chi connectivity index (χ0) is 20.5. The van der Waals surface area contributed by atoms with Gasteiger partial charge in [0.1, 0.15) is 5.75 Å². The number of aromatic carboxylic acids is 1. The summed E-state index contributed by atoms with van der Waals surface area (Å²) in [6, 6.07) is 16.6. The predicted octanol–water partition coefficient (Wildman–Crippen LogP) is 4.70. The number of alkyl halides is 2. The number of hydrogen-bond acceptors (Lipinski definition) is 4. The van der Waals surface area contributed by atoms with E-state index in [1.54, 1.807) is 23.7 Å². The summed E-state index contributed by atoms with van der Waals surface area (Å²) in [4.78, 5) is 16.5. The lowest BCUT2D eigenvalue weighted by atomic mass is 10.1. The molecule has 0 aliphatic heterocycles. The Hall–Kier alpha value is -3.81. The molecular formula is C21H15F2N3O3. The monoisotopic (exact) mass is 395 g/mol. The van der Waals surface area contributed by atoms with Gasteiger partial charge in [0, 0.05) is 5.56 Å². The molecule has 146 valence electrons. The Morgan fingerprint density at radius 2 is 1.79 bits per heavy atom. The fourth-order valence-electron chi connectivity index (χ4n) is 3.16. The summed E-state index contributed by atoms with van der Waals surface area (Å²) in [5.74, 6) is -1.10. The number of carbonyl (C=O) groups is 1. The van der Waals surface area contributed by atoms with Gasteiger partial charge in [-0.2, -0.15) is 13.9 Å². The number of hydrogen-bond donors (Lipinski definition) is 1. The first-order valence-electron chi connectivity index (χ1n) is 8.68. The Kier molecular flexibility index (Phi) is 4.67. The summed E-state index contributed by atoms with van der Waals surface area (Å²) in [6.07, 6.45) is 0. The summed E-state index contributed by atoms with van der Waals surface area (Å²) < 4.78 is 30.7. The summed E-state index contributed by atoms with van der Waals surface area (Å²) >= 11 is 0. The van der Waals surface area contributed by atoms with Crippen LogP contribution in [0.3, 0.4) is 0 Å². The Bertz CT molecular complexity index is 1190. The van der Waals surface area contributed by atoms with Crippen molar-refractivity contribution in [2.75, 3.05) is 0 Å². The maximum Gasteiger partial charge on any atom is 0.387 e. The highest BCUT2D eigenvalue weighted by molar-refractivity contribution is 6.04. The fraction of sp³-hybridized carbons (Fsp3) is 0.0952. The van der Waals surface area contributed by atoms with Gasteiger partial charge in [-0.15, -0.1) is 0 Å². The number of benzene rings is 2. The normalized spacial score (nSPS) is 11.2. The minimum atomic E-state index is -2.92. The summed E-state index contributed by atoms with van der Waals surface area (Å²) in [7, 11) is 0. The lowest BCUT2D eigenvalue weighted by Crippen LogP contribution is -2.03. The van der Waals surface area contributed by atoms with Crippen molar-refractivity contribution >= 4 is 17.0 Å². The Balaban J connectivity index is 1.91. The van der Waals surface area contributed by atoms with Gasteiger partial charge in [0.25, 0.3) is 0 Å². The second-order valence-electron chi connectivity index (χ2n) is 6.29. The van der Waals surface area contributed by atoms with Crippen molar-refractivity contribution in [1.82, 2.24) is 14.8 Å². The highest BCUT2D eigenvalue weighted by Crippen LogP contribution is 2.29. The van der Waals surface area contributed by atoms with E-state index in [0.29, 0.717) is 28.0 Å². The van der Waals surface area contributed by atoms with Gasteiger partial charge in [-0.25, -0.2) is 14.5 Å². The molecule has 0 fully saturated rings. The summed E-state index contributed by atoms with van der Waals surface area (Å²) in [5, 5.41) is 14.7. The van der Waals surface area contributed by atoms with E-state index in [1.807, 2.05) is 30.3 Å². The number of carboxylic acid groups (broad SMARTS) is 1. The van der Waals surface area contributed by atoms with Crippen LogP contribution in [0.1, 0.15) is 16.1 Å². The number of para-hydroxylation sites is 1. The number of carboxylic acids is 1. The Morgan fingerprint density at radius 1 is 1.10 bits per heavy atom. The van der Waals surface area contributed by atoms with Crippen molar-refractivity contribution in [3.8, 4) is 22.7 Å². The van der Waals surface area contributed by atoms with Crippen molar-refractivity contribution in [2.24, 2.45) is 0 Å². The molecule has 0 bridgehead atoms. The predicted molar refractivity (Wildman–Crippen MR) is 103 cm³/mol. The maximum absolute atomic E-state index is 12.4. The molecule has 4 aromatic rings. The molecule has 0 aliphatic rings. The molecule has 0 saturated heterocycles. The molecule has 0 amide bonds. The van der Waals surface area contributed by atoms with Gasteiger partial charge >= 0.3 is 12.6 Å². The minimum absolute atomic E-state index is 0.00783. The van der Waals surface area contributed by atoms with Crippen LogP contribution in [0.2, 0.25) is 0 Å². The molecule has 0 unspecified atom stereocenters. The third-order valence-corrected chi connectivity index (χ3v) is 4.42. The van der Waals surface area contributed by atoms with Gasteiger partial charge in [-0.05, 0) is 49.4 Å². The molecular weight excluding hydrogens is 380 g/mol. The molecule has 2 aromatic heterocycles. The van der Waals surface area contributed by atoms with Crippen molar-refractivity contribution in [3.05, 3.63) is 71.9 Å². The SMILES string of the molecule is Cc1nn(-c2ccccc2)c2nc(-c3ccc(OC(F)F)cc3)cc(C(=O)O)c12. The number of pyridine rings is 1. The number of ether oxygens (including phenoxy) is 1. The van der Waals surface area contributed by atoms with E-state index in [-0.39, 0.29) is 11.3 Å². The van der Waals surface area contributed by atoms with Crippen LogP contribution in [0.4, 0.5) is 8.78 Å². The number of aromatic nitrogens is 3. The van der Waals surface area contributed by atoms with Crippen LogP contribution in [0.5, 0.6) is 5.75 Å². The van der Waals surface area contributed by atoms with E-state index in [4.69, 9.17) is 0 Å². The van der Waals surface area contributed by atoms with Crippen LogP contribution in [-0.4, -0.2) is 32.5 Å². The molecule has 4 rings (SSSR count). The first kappa shape index (κ1) is 18.5. The summed E-state index contributed by atoms with van der Waals surface area (Å²) in [5.41, 5.74) is 2.70. The lowest BCUT2D eigenvalue weighted by Gasteiger charge is -2.08. The summed E-state index contributed by atoms with van der Waals surface area (Å²) in [6.45, 7) is -1.19. The van der Waals surface area contributed by atoms with Gasteiger partial charge in [0.2, 0.25) is 0 Å².